The van der Waals surface area contributed by atoms with Crippen molar-refractivity contribution in [3.8, 4) is 22.3 Å². The molecule has 84 valence electrons. The molecule has 0 atom stereocenters. The van der Waals surface area contributed by atoms with E-state index in [1.54, 1.807) is 25.3 Å². The number of hydrogen-bond acceptors (Lipinski definition) is 4. The lowest BCUT2D eigenvalue weighted by atomic mass is 10.1. The zero-order valence-corrected chi connectivity index (χ0v) is 9.95. The second kappa shape index (κ2) is 4.81. The number of carbonyl (C=O) groups is 1. The van der Waals surface area contributed by atoms with Crippen LogP contribution >= 0.6 is 11.3 Å². The molecule has 2 rings (SSSR count). The van der Waals surface area contributed by atoms with Crippen LogP contribution in [-0.4, -0.2) is 13.4 Å². The Balaban J connectivity index is 2.51. The molecule has 1 heterocycles. The number of methoxy groups -OCH3 is 1. The van der Waals surface area contributed by atoms with Gasteiger partial charge in [-0.05, 0) is 35.9 Å². The predicted molar refractivity (Wildman–Crippen MR) is 66.4 cm³/mol. The summed E-state index contributed by atoms with van der Waals surface area (Å²) in [5, 5.41) is 8.78. The number of thiophene rings is 1. The zero-order valence-electron chi connectivity index (χ0n) is 9.14. The van der Waals surface area contributed by atoms with Crippen molar-refractivity contribution in [2.24, 2.45) is 0 Å². The Bertz CT molecular complexity index is 596. The number of benzene rings is 1. The Morgan fingerprint density at radius 1 is 1.35 bits per heavy atom. The number of rotatable bonds is 3. The lowest BCUT2D eigenvalue weighted by Crippen LogP contribution is -1.87. The number of hydrogen-bond donors (Lipinski definition) is 0. The molecule has 4 heteroatoms. The maximum absolute atomic E-state index is 10.8. The van der Waals surface area contributed by atoms with Crippen molar-refractivity contribution >= 4 is 17.6 Å². The van der Waals surface area contributed by atoms with E-state index in [1.807, 2.05) is 12.1 Å². The van der Waals surface area contributed by atoms with Gasteiger partial charge in [0.2, 0.25) is 0 Å². The van der Waals surface area contributed by atoms with Crippen LogP contribution in [0.3, 0.4) is 0 Å². The van der Waals surface area contributed by atoms with Crippen molar-refractivity contribution in [1.82, 2.24) is 0 Å². The van der Waals surface area contributed by atoms with E-state index in [4.69, 9.17) is 10.00 Å². The van der Waals surface area contributed by atoms with Crippen LogP contribution < -0.4 is 4.74 Å². The Morgan fingerprint density at radius 2 is 2.18 bits per heavy atom. The van der Waals surface area contributed by atoms with Gasteiger partial charge in [0, 0.05) is 10.4 Å². The Labute approximate surface area is 103 Å². The molecule has 17 heavy (non-hydrogen) atoms. The van der Waals surface area contributed by atoms with Gasteiger partial charge in [-0.15, -0.1) is 11.3 Å². The molecule has 2 aromatic rings. The molecule has 0 N–H and O–H groups in total. The summed E-state index contributed by atoms with van der Waals surface area (Å²) in [6.07, 6.45) is 0.783. The van der Waals surface area contributed by atoms with E-state index in [-0.39, 0.29) is 0 Å². The average Bonchev–Trinajstić information content (AvgIpc) is 2.86. The number of nitriles is 1. The molecule has 0 radical (unpaired) electrons. The van der Waals surface area contributed by atoms with Gasteiger partial charge in [0.1, 0.15) is 23.0 Å². The average molecular weight is 243 g/mol. The molecule has 0 fully saturated rings. The number of carbonyl (C=O) groups excluding carboxylic acids is 1. The largest absolute Gasteiger partial charge is 0.497 e. The van der Waals surface area contributed by atoms with Gasteiger partial charge in [-0.25, -0.2) is 0 Å². The first-order chi connectivity index (χ1) is 8.26. The van der Waals surface area contributed by atoms with E-state index < -0.39 is 0 Å². The topological polar surface area (TPSA) is 50.1 Å². The number of nitrogens with zero attached hydrogens (tertiary/aromatic N) is 1. The summed E-state index contributed by atoms with van der Waals surface area (Å²) in [4.78, 5) is 12.4. The normalized spacial score (nSPS) is 9.65. The second-order valence-corrected chi connectivity index (χ2v) is 4.47. The van der Waals surface area contributed by atoms with Crippen molar-refractivity contribution in [2.45, 2.75) is 0 Å². The minimum Gasteiger partial charge on any atom is -0.497 e. The van der Waals surface area contributed by atoms with E-state index in [9.17, 15) is 4.79 Å². The quantitative estimate of drug-likeness (QED) is 0.778. The fourth-order valence-electron chi connectivity index (χ4n) is 1.50. The Hall–Kier alpha value is -2.12. The third-order valence-electron chi connectivity index (χ3n) is 2.30. The molecule has 1 aromatic heterocycles. The first kappa shape index (κ1) is 11.4. The van der Waals surface area contributed by atoms with Gasteiger partial charge in [0.05, 0.1) is 7.11 Å². The standard InChI is InChI=1S/C13H9NO2S/c1-16-11-5-9(8-15)4-10(6-11)13-3-2-12(7-14)17-13/h2-6,8H,1H3. The highest BCUT2D eigenvalue weighted by molar-refractivity contribution is 7.16. The number of aldehydes is 1. The van der Waals surface area contributed by atoms with Crippen molar-refractivity contribution in [3.05, 3.63) is 40.8 Å². The van der Waals surface area contributed by atoms with E-state index in [1.165, 1.54) is 11.3 Å². The molecule has 0 saturated carbocycles. The maximum Gasteiger partial charge on any atom is 0.150 e. The minimum atomic E-state index is 0.561. The van der Waals surface area contributed by atoms with Gasteiger partial charge < -0.3 is 4.74 Å². The molecule has 0 aliphatic heterocycles. The van der Waals surface area contributed by atoms with Gasteiger partial charge in [-0.3, -0.25) is 4.79 Å². The summed E-state index contributed by atoms with van der Waals surface area (Å²) in [5.41, 5.74) is 1.45. The highest BCUT2D eigenvalue weighted by atomic mass is 32.1. The van der Waals surface area contributed by atoms with Crippen LogP contribution in [0.1, 0.15) is 15.2 Å². The first-order valence-corrected chi connectivity index (χ1v) is 5.73. The van der Waals surface area contributed by atoms with Crippen LogP contribution in [0.4, 0.5) is 0 Å². The third-order valence-corrected chi connectivity index (χ3v) is 3.34. The van der Waals surface area contributed by atoms with Gasteiger partial charge >= 0.3 is 0 Å². The lowest BCUT2D eigenvalue weighted by Gasteiger charge is -2.04. The molecule has 0 amide bonds. The third kappa shape index (κ3) is 2.35. The molecule has 3 nitrogen and oxygen atoms in total. The Kier molecular flexibility index (Phi) is 3.22. The summed E-state index contributed by atoms with van der Waals surface area (Å²) < 4.78 is 5.13. The van der Waals surface area contributed by atoms with E-state index in [2.05, 4.69) is 6.07 Å². The fourth-order valence-corrected chi connectivity index (χ4v) is 2.29. The van der Waals surface area contributed by atoms with Crippen LogP contribution in [0.5, 0.6) is 5.75 Å². The van der Waals surface area contributed by atoms with Crippen LogP contribution in [-0.2, 0) is 0 Å². The molecule has 0 spiro atoms. The predicted octanol–water partition coefficient (Wildman–Crippen LogP) is 3.11. The highest BCUT2D eigenvalue weighted by Gasteiger charge is 2.06. The summed E-state index contributed by atoms with van der Waals surface area (Å²) in [5.74, 6) is 0.636. The summed E-state index contributed by atoms with van der Waals surface area (Å²) in [7, 11) is 1.56. The van der Waals surface area contributed by atoms with Crippen LogP contribution in [0.15, 0.2) is 30.3 Å². The van der Waals surface area contributed by atoms with E-state index in [0.29, 0.717) is 16.2 Å². The van der Waals surface area contributed by atoms with E-state index in [0.717, 1.165) is 16.7 Å². The molecule has 0 aliphatic rings. The van der Waals surface area contributed by atoms with Crippen LogP contribution in [0.25, 0.3) is 10.4 Å². The smallest absolute Gasteiger partial charge is 0.150 e. The van der Waals surface area contributed by atoms with Crippen molar-refractivity contribution in [2.75, 3.05) is 7.11 Å². The SMILES string of the molecule is COc1cc(C=O)cc(-c2ccc(C#N)s2)c1. The van der Waals surface area contributed by atoms with Crippen LogP contribution in [0.2, 0.25) is 0 Å². The number of ether oxygens (including phenoxy) is 1. The molecule has 0 aliphatic carbocycles. The monoisotopic (exact) mass is 243 g/mol. The van der Waals surface area contributed by atoms with Crippen molar-refractivity contribution < 1.29 is 9.53 Å². The van der Waals surface area contributed by atoms with E-state index >= 15 is 0 Å². The lowest BCUT2D eigenvalue weighted by molar-refractivity contribution is 0.112. The zero-order chi connectivity index (χ0) is 12.3. The summed E-state index contributed by atoms with van der Waals surface area (Å²) in [6.45, 7) is 0. The Morgan fingerprint density at radius 3 is 2.76 bits per heavy atom. The molecular formula is C13H9NO2S. The summed E-state index contributed by atoms with van der Waals surface area (Å²) >= 11 is 1.39. The molecule has 1 aromatic carbocycles. The summed E-state index contributed by atoms with van der Waals surface area (Å²) in [6, 6.07) is 11.0. The second-order valence-electron chi connectivity index (χ2n) is 3.39. The molecule has 0 unspecified atom stereocenters. The van der Waals surface area contributed by atoms with Crippen molar-refractivity contribution in [1.29, 1.82) is 5.26 Å². The first-order valence-electron chi connectivity index (χ1n) is 4.91. The van der Waals surface area contributed by atoms with Gasteiger partial charge in [-0.1, -0.05) is 0 Å². The highest BCUT2D eigenvalue weighted by Crippen LogP contribution is 2.31. The van der Waals surface area contributed by atoms with Gasteiger partial charge in [0.15, 0.2) is 0 Å². The fraction of sp³-hybridized carbons (Fsp3) is 0.0769. The van der Waals surface area contributed by atoms with Crippen LogP contribution in [0, 0.1) is 11.3 Å². The molecule has 0 bridgehead atoms. The molecular weight excluding hydrogens is 234 g/mol. The van der Waals surface area contributed by atoms with Crippen molar-refractivity contribution in [3.63, 3.8) is 0 Å². The maximum atomic E-state index is 10.8. The van der Waals surface area contributed by atoms with Gasteiger partial charge in [0.25, 0.3) is 0 Å². The molecule has 0 saturated heterocycles. The van der Waals surface area contributed by atoms with Gasteiger partial charge in [-0.2, -0.15) is 5.26 Å². The minimum absolute atomic E-state index is 0.561.